The minimum Gasteiger partial charge on any atom is -0.342 e. The molecule has 3 heterocycles. The Hall–Kier alpha value is -3.87. The quantitative estimate of drug-likeness (QED) is 0.434. The lowest BCUT2D eigenvalue weighted by Crippen LogP contribution is -2.43. The molecule has 0 radical (unpaired) electrons. The van der Waals surface area contributed by atoms with Crippen LogP contribution < -0.4 is 5.32 Å². The molecule has 3 aromatic rings. The lowest BCUT2D eigenvalue weighted by Gasteiger charge is -2.37. The topological polar surface area (TPSA) is 91.0 Å². The number of anilines is 1. The number of aryl methyl sites for hydroxylation is 1. The first-order valence-electron chi connectivity index (χ1n) is 12.9. The van der Waals surface area contributed by atoms with Crippen LogP contribution in [0, 0.1) is 22.7 Å². The molecule has 4 rings (SSSR count). The van der Waals surface area contributed by atoms with Gasteiger partial charge >= 0.3 is 6.18 Å². The molecule has 1 fully saturated rings. The van der Waals surface area contributed by atoms with Gasteiger partial charge in [0, 0.05) is 43.2 Å². The Morgan fingerprint density at radius 3 is 2.44 bits per heavy atom. The summed E-state index contributed by atoms with van der Waals surface area (Å²) in [7, 11) is 1.65. The number of fused-ring (bicyclic) bond motifs is 1. The SMILES string of the molecule is CC(C(=O)N1CCC(c2cn(C)c3ncc(NC(=O)c4cccc(C#N)c4)c(C(F)(F)F)c23)CC1)C(C)(C)C. The zero-order chi connectivity index (χ0) is 28.7. The molecule has 206 valence electrons. The van der Waals surface area contributed by atoms with E-state index in [2.05, 4.69) is 10.3 Å². The molecular formula is C29H32F3N5O2. The molecule has 0 aliphatic carbocycles. The third-order valence-corrected chi connectivity index (χ3v) is 7.72. The molecule has 1 saturated heterocycles. The summed E-state index contributed by atoms with van der Waals surface area (Å²) in [5.41, 5.74) is -0.619. The summed E-state index contributed by atoms with van der Waals surface area (Å²) >= 11 is 0. The van der Waals surface area contributed by atoms with E-state index >= 15 is 0 Å². The molecule has 1 aliphatic rings. The van der Waals surface area contributed by atoms with E-state index < -0.39 is 23.3 Å². The number of nitrogens with one attached hydrogen (secondary N) is 1. The third kappa shape index (κ3) is 5.63. The Bertz CT molecular complexity index is 1450. The van der Waals surface area contributed by atoms with Crippen LogP contribution in [0.2, 0.25) is 0 Å². The summed E-state index contributed by atoms with van der Waals surface area (Å²) in [6.45, 7) is 8.87. The average molecular weight is 540 g/mol. The molecule has 1 atom stereocenters. The number of alkyl halides is 3. The third-order valence-electron chi connectivity index (χ3n) is 7.72. The molecule has 1 aliphatic heterocycles. The van der Waals surface area contributed by atoms with Gasteiger partial charge in [-0.05, 0) is 47.9 Å². The van der Waals surface area contributed by atoms with Crippen LogP contribution in [0.5, 0.6) is 0 Å². The number of amides is 2. The molecule has 0 saturated carbocycles. The molecule has 10 heteroatoms. The van der Waals surface area contributed by atoms with Crippen LogP contribution in [-0.2, 0) is 18.0 Å². The highest BCUT2D eigenvalue weighted by molar-refractivity contribution is 6.06. The Balaban J connectivity index is 1.69. The number of piperidine rings is 1. The van der Waals surface area contributed by atoms with Gasteiger partial charge in [-0.15, -0.1) is 0 Å². The van der Waals surface area contributed by atoms with Crippen molar-refractivity contribution in [1.29, 1.82) is 5.26 Å². The number of nitriles is 1. The molecule has 7 nitrogen and oxygen atoms in total. The van der Waals surface area contributed by atoms with Crippen molar-refractivity contribution in [2.45, 2.75) is 52.6 Å². The maximum Gasteiger partial charge on any atom is 0.419 e. The first kappa shape index (κ1) is 28.1. The summed E-state index contributed by atoms with van der Waals surface area (Å²) < 4.78 is 45.3. The van der Waals surface area contributed by atoms with Crippen molar-refractivity contribution in [2.75, 3.05) is 18.4 Å². The minimum atomic E-state index is -4.77. The predicted octanol–water partition coefficient (Wildman–Crippen LogP) is 6.10. The molecule has 1 aromatic carbocycles. The second kappa shape index (κ2) is 10.4. The van der Waals surface area contributed by atoms with Crippen molar-refractivity contribution in [3.8, 4) is 6.07 Å². The normalized spacial score (nSPS) is 15.7. The van der Waals surface area contributed by atoms with Crippen molar-refractivity contribution in [2.24, 2.45) is 18.4 Å². The highest BCUT2D eigenvalue weighted by Gasteiger charge is 2.40. The van der Waals surface area contributed by atoms with E-state index in [9.17, 15) is 22.8 Å². The van der Waals surface area contributed by atoms with Crippen molar-refractivity contribution < 1.29 is 22.8 Å². The van der Waals surface area contributed by atoms with Crippen LogP contribution in [0.15, 0.2) is 36.7 Å². The summed E-state index contributed by atoms with van der Waals surface area (Å²) in [6.07, 6.45) is -1.02. The molecule has 2 aromatic heterocycles. The number of aromatic nitrogens is 2. The fourth-order valence-corrected chi connectivity index (χ4v) is 5.05. The van der Waals surface area contributed by atoms with Gasteiger partial charge in [-0.2, -0.15) is 18.4 Å². The van der Waals surface area contributed by atoms with E-state index in [-0.39, 0.29) is 45.3 Å². The lowest BCUT2D eigenvalue weighted by molar-refractivity contribution is -0.139. The van der Waals surface area contributed by atoms with Gasteiger partial charge in [-0.1, -0.05) is 33.8 Å². The first-order valence-corrected chi connectivity index (χ1v) is 12.9. The van der Waals surface area contributed by atoms with E-state index in [1.54, 1.807) is 17.8 Å². The molecule has 1 N–H and O–H groups in total. The standard InChI is InChI=1S/C29H32F3N5O2/c1-17(28(2,3)4)27(39)37-11-9-19(10-12-37)21-16-36(5)25-23(21)24(29(30,31)32)22(15-34-25)35-26(38)20-8-6-7-18(13-20)14-33/h6-8,13,15-17,19H,9-12H2,1-5H3,(H,35,38). The predicted molar refractivity (Wildman–Crippen MR) is 142 cm³/mol. The molecule has 0 spiro atoms. The molecule has 39 heavy (non-hydrogen) atoms. The van der Waals surface area contributed by atoms with Gasteiger partial charge in [0.25, 0.3) is 5.91 Å². The molecular weight excluding hydrogens is 507 g/mol. The second-order valence-corrected chi connectivity index (χ2v) is 11.3. The Morgan fingerprint density at radius 1 is 1.18 bits per heavy atom. The van der Waals surface area contributed by atoms with Gasteiger partial charge in [-0.25, -0.2) is 4.98 Å². The number of hydrogen-bond donors (Lipinski definition) is 1. The van der Waals surface area contributed by atoms with Crippen LogP contribution >= 0.6 is 0 Å². The monoisotopic (exact) mass is 539 g/mol. The maximum absolute atomic E-state index is 14.6. The largest absolute Gasteiger partial charge is 0.419 e. The average Bonchev–Trinajstić information content (AvgIpc) is 3.22. The molecule has 2 amide bonds. The van der Waals surface area contributed by atoms with Crippen LogP contribution in [-0.4, -0.2) is 39.4 Å². The van der Waals surface area contributed by atoms with Crippen molar-refractivity contribution in [1.82, 2.24) is 14.5 Å². The van der Waals surface area contributed by atoms with E-state index in [1.807, 2.05) is 38.7 Å². The van der Waals surface area contributed by atoms with Gasteiger partial charge < -0.3 is 14.8 Å². The van der Waals surface area contributed by atoms with E-state index in [4.69, 9.17) is 5.26 Å². The number of carbonyl (C=O) groups excluding carboxylic acids is 2. The molecule has 1 unspecified atom stereocenters. The fourth-order valence-electron chi connectivity index (χ4n) is 5.05. The summed E-state index contributed by atoms with van der Waals surface area (Å²) in [5.74, 6) is -1.09. The van der Waals surface area contributed by atoms with Gasteiger partial charge in [0.15, 0.2) is 0 Å². The van der Waals surface area contributed by atoms with E-state index in [0.717, 1.165) is 6.20 Å². The second-order valence-electron chi connectivity index (χ2n) is 11.3. The summed E-state index contributed by atoms with van der Waals surface area (Å²) in [4.78, 5) is 31.9. The van der Waals surface area contributed by atoms with Gasteiger partial charge in [-0.3, -0.25) is 9.59 Å². The number of benzene rings is 1. The number of hydrogen-bond acceptors (Lipinski definition) is 4. The van der Waals surface area contributed by atoms with Crippen LogP contribution in [0.3, 0.4) is 0 Å². The van der Waals surface area contributed by atoms with E-state index in [1.165, 1.54) is 24.3 Å². The Kier molecular flexibility index (Phi) is 7.48. The number of pyridine rings is 1. The van der Waals surface area contributed by atoms with Gasteiger partial charge in [0.05, 0.1) is 29.1 Å². The Morgan fingerprint density at radius 2 is 1.85 bits per heavy atom. The maximum atomic E-state index is 14.6. The number of likely N-dealkylation sites (tertiary alicyclic amines) is 1. The van der Waals surface area contributed by atoms with Crippen molar-refractivity contribution in [3.63, 3.8) is 0 Å². The van der Waals surface area contributed by atoms with Crippen molar-refractivity contribution in [3.05, 3.63) is 58.9 Å². The zero-order valence-corrected chi connectivity index (χ0v) is 22.7. The van der Waals surface area contributed by atoms with Crippen LogP contribution in [0.25, 0.3) is 11.0 Å². The highest BCUT2D eigenvalue weighted by Crippen LogP contribution is 2.44. The summed E-state index contributed by atoms with van der Waals surface area (Å²) in [5, 5.41) is 11.4. The number of rotatable bonds is 4. The smallest absolute Gasteiger partial charge is 0.342 e. The van der Waals surface area contributed by atoms with E-state index in [0.29, 0.717) is 31.5 Å². The van der Waals surface area contributed by atoms with Crippen LogP contribution in [0.4, 0.5) is 18.9 Å². The Labute approximate surface area is 225 Å². The number of halogens is 3. The van der Waals surface area contributed by atoms with Crippen molar-refractivity contribution >= 4 is 28.5 Å². The van der Waals surface area contributed by atoms with Gasteiger partial charge in [0.1, 0.15) is 5.65 Å². The van der Waals surface area contributed by atoms with Gasteiger partial charge in [0.2, 0.25) is 5.91 Å². The fraction of sp³-hybridized carbons (Fsp3) is 0.448. The number of carbonyl (C=O) groups is 2. The zero-order valence-electron chi connectivity index (χ0n) is 22.7. The highest BCUT2D eigenvalue weighted by atomic mass is 19.4. The molecule has 0 bridgehead atoms. The minimum absolute atomic E-state index is 0.0404. The number of nitrogens with zero attached hydrogens (tertiary/aromatic N) is 4. The first-order chi connectivity index (χ1) is 18.2. The lowest BCUT2D eigenvalue weighted by atomic mass is 9.80. The summed E-state index contributed by atoms with van der Waals surface area (Å²) in [6, 6.07) is 7.66. The van der Waals surface area contributed by atoms with Crippen LogP contribution in [0.1, 0.15) is 73.5 Å².